The van der Waals surface area contributed by atoms with Crippen LogP contribution in [0.5, 0.6) is 0 Å². The summed E-state index contributed by atoms with van der Waals surface area (Å²) in [6, 6.07) is 12.6. The molecule has 1 amide bonds. The number of hydrogen-bond donors (Lipinski definition) is 2. The molecular weight excluding hydrogens is 409 g/mol. The van der Waals surface area contributed by atoms with E-state index in [-0.39, 0.29) is 12.1 Å². The number of para-hydroxylation sites is 3. The van der Waals surface area contributed by atoms with Gasteiger partial charge in [-0.1, -0.05) is 24.3 Å². The number of alkyl halides is 3. The Bertz CT molecular complexity index is 1160. The van der Waals surface area contributed by atoms with Crippen molar-refractivity contribution in [2.45, 2.75) is 11.9 Å². The van der Waals surface area contributed by atoms with Crippen molar-refractivity contribution in [3.05, 3.63) is 59.9 Å². The molecule has 0 aliphatic carbocycles. The number of carbonyl (C=O) groups is 1. The van der Waals surface area contributed by atoms with Crippen LogP contribution in [-0.4, -0.2) is 35.9 Å². The van der Waals surface area contributed by atoms with E-state index in [9.17, 15) is 26.4 Å². The number of nitrogens with zero attached hydrogens (tertiary/aromatic N) is 2. The average molecular weight is 426 g/mol. The summed E-state index contributed by atoms with van der Waals surface area (Å²) >= 11 is 0. The first kappa shape index (κ1) is 20.6. The number of hydrogen-bond acceptors (Lipinski definition) is 4. The zero-order valence-corrected chi connectivity index (χ0v) is 16.0. The van der Waals surface area contributed by atoms with Gasteiger partial charge in [0.1, 0.15) is 5.82 Å². The monoisotopic (exact) mass is 426 g/mol. The second kappa shape index (κ2) is 7.74. The second-order valence-corrected chi connectivity index (χ2v) is 7.85. The zero-order valence-electron chi connectivity index (χ0n) is 15.2. The second-order valence-electron chi connectivity index (χ2n) is 6.18. The number of carbonyl (C=O) groups excluding carboxylic acids is 1. The molecular formula is C18H17F3N4O3S. The number of fused-ring (bicyclic) bond motifs is 1. The molecule has 11 heteroatoms. The quantitative estimate of drug-likeness (QED) is 0.634. The van der Waals surface area contributed by atoms with E-state index >= 15 is 0 Å². The van der Waals surface area contributed by atoms with Crippen LogP contribution >= 0.6 is 0 Å². The number of amides is 1. The first-order valence-corrected chi connectivity index (χ1v) is 9.95. The minimum absolute atomic E-state index is 0.163. The third-order valence-corrected chi connectivity index (χ3v) is 5.33. The molecule has 3 rings (SSSR count). The summed E-state index contributed by atoms with van der Waals surface area (Å²) in [5, 5.41) is 2.58. The van der Waals surface area contributed by atoms with Gasteiger partial charge in [0.15, 0.2) is 0 Å². The molecule has 2 N–H and O–H groups in total. The Balaban J connectivity index is 1.71. The van der Waals surface area contributed by atoms with E-state index in [4.69, 9.17) is 0 Å². The summed E-state index contributed by atoms with van der Waals surface area (Å²) in [6.45, 7) is 0.163. The summed E-state index contributed by atoms with van der Waals surface area (Å²) in [5.41, 5.74) is -4.42. The van der Waals surface area contributed by atoms with Gasteiger partial charge in [0.05, 0.1) is 22.3 Å². The summed E-state index contributed by atoms with van der Waals surface area (Å²) < 4.78 is 63.8. The van der Waals surface area contributed by atoms with E-state index < -0.39 is 27.1 Å². The smallest absolute Gasteiger partial charge is 0.352 e. The molecule has 7 nitrogen and oxygen atoms in total. The number of halogens is 3. The summed E-state index contributed by atoms with van der Waals surface area (Å²) in [4.78, 5) is 16.9. The van der Waals surface area contributed by atoms with Crippen molar-refractivity contribution in [1.82, 2.24) is 14.9 Å². The van der Waals surface area contributed by atoms with Crippen molar-refractivity contribution in [1.29, 1.82) is 0 Å². The molecule has 0 radical (unpaired) electrons. The van der Waals surface area contributed by atoms with Crippen LogP contribution in [0.4, 0.5) is 18.9 Å². The van der Waals surface area contributed by atoms with E-state index in [0.29, 0.717) is 6.42 Å². The molecule has 0 aliphatic rings. The number of rotatable bonds is 6. The zero-order chi connectivity index (χ0) is 21.2. The van der Waals surface area contributed by atoms with Crippen LogP contribution in [0.15, 0.2) is 48.5 Å². The molecule has 1 aromatic heterocycles. The maximum Gasteiger partial charge on any atom is 0.516 e. The van der Waals surface area contributed by atoms with E-state index in [1.807, 2.05) is 35.9 Å². The van der Waals surface area contributed by atoms with Gasteiger partial charge in [-0.25, -0.2) is 4.98 Å². The van der Waals surface area contributed by atoms with Gasteiger partial charge in [0, 0.05) is 20.0 Å². The van der Waals surface area contributed by atoms with Crippen molar-refractivity contribution >= 4 is 32.7 Å². The van der Waals surface area contributed by atoms with Gasteiger partial charge in [-0.05, 0) is 24.3 Å². The van der Waals surface area contributed by atoms with Crippen LogP contribution in [-0.2, 0) is 23.5 Å². The Morgan fingerprint density at radius 2 is 1.76 bits per heavy atom. The summed E-state index contributed by atoms with van der Waals surface area (Å²) in [5.74, 6) is 0.0156. The molecule has 0 saturated carbocycles. The first-order valence-electron chi connectivity index (χ1n) is 8.47. The van der Waals surface area contributed by atoms with Crippen molar-refractivity contribution in [2.24, 2.45) is 7.05 Å². The van der Waals surface area contributed by atoms with Crippen LogP contribution in [0, 0.1) is 0 Å². The molecule has 0 bridgehead atoms. The normalized spacial score (nSPS) is 12.1. The van der Waals surface area contributed by atoms with Crippen molar-refractivity contribution in [3.8, 4) is 0 Å². The van der Waals surface area contributed by atoms with Crippen LogP contribution in [0.25, 0.3) is 11.0 Å². The van der Waals surface area contributed by atoms with E-state index in [2.05, 4.69) is 10.3 Å². The standard InChI is InChI=1S/C18H17F3N4O3S/c1-25-15-9-5-4-8-14(15)23-16(25)10-11-22-17(26)12-6-2-3-7-13(12)24-29(27,28)18(19,20)21/h2-9,24H,10-11H2,1H3,(H,22,26). The lowest BCUT2D eigenvalue weighted by atomic mass is 10.1. The molecule has 3 aromatic rings. The Morgan fingerprint density at radius 1 is 1.10 bits per heavy atom. The fourth-order valence-electron chi connectivity index (χ4n) is 2.77. The maximum absolute atomic E-state index is 12.6. The Morgan fingerprint density at radius 3 is 2.45 bits per heavy atom. The fraction of sp³-hybridized carbons (Fsp3) is 0.222. The average Bonchev–Trinajstić information content (AvgIpc) is 2.97. The maximum atomic E-state index is 12.6. The molecule has 0 aliphatic heterocycles. The molecule has 154 valence electrons. The van der Waals surface area contributed by atoms with Crippen molar-refractivity contribution < 1.29 is 26.4 Å². The minimum atomic E-state index is -5.63. The lowest BCUT2D eigenvalue weighted by molar-refractivity contribution is -0.0429. The molecule has 0 spiro atoms. The van der Waals surface area contributed by atoms with Gasteiger partial charge in [-0.15, -0.1) is 0 Å². The number of aryl methyl sites for hydroxylation is 1. The van der Waals surface area contributed by atoms with Gasteiger partial charge in [-0.3, -0.25) is 9.52 Å². The number of nitrogens with one attached hydrogen (secondary N) is 2. The van der Waals surface area contributed by atoms with E-state index in [1.165, 1.54) is 22.9 Å². The first-order chi connectivity index (χ1) is 13.6. The number of imidazole rings is 1. The fourth-order valence-corrected chi connectivity index (χ4v) is 3.36. The van der Waals surface area contributed by atoms with Crippen molar-refractivity contribution in [2.75, 3.05) is 11.3 Å². The number of anilines is 1. The van der Waals surface area contributed by atoms with E-state index in [0.717, 1.165) is 22.9 Å². The third-order valence-electron chi connectivity index (χ3n) is 4.23. The Labute approximate surface area is 164 Å². The van der Waals surface area contributed by atoms with Crippen molar-refractivity contribution in [3.63, 3.8) is 0 Å². The SMILES string of the molecule is Cn1c(CCNC(=O)c2ccccc2NS(=O)(=O)C(F)(F)F)nc2ccccc21. The largest absolute Gasteiger partial charge is 0.516 e. The predicted molar refractivity (Wildman–Crippen MR) is 102 cm³/mol. The predicted octanol–water partition coefficient (Wildman–Crippen LogP) is 2.81. The van der Waals surface area contributed by atoms with Crippen LogP contribution in [0.1, 0.15) is 16.2 Å². The van der Waals surface area contributed by atoms with Gasteiger partial charge >= 0.3 is 15.5 Å². The molecule has 0 saturated heterocycles. The molecule has 0 unspecified atom stereocenters. The summed E-state index contributed by atoms with van der Waals surface area (Å²) in [6.07, 6.45) is 0.382. The lowest BCUT2D eigenvalue weighted by Crippen LogP contribution is -2.32. The minimum Gasteiger partial charge on any atom is -0.352 e. The van der Waals surface area contributed by atoms with Crippen LogP contribution < -0.4 is 10.0 Å². The number of aromatic nitrogens is 2. The molecule has 2 aromatic carbocycles. The molecule has 0 atom stereocenters. The lowest BCUT2D eigenvalue weighted by Gasteiger charge is -2.14. The Kier molecular flexibility index (Phi) is 5.51. The highest BCUT2D eigenvalue weighted by molar-refractivity contribution is 7.93. The highest BCUT2D eigenvalue weighted by Crippen LogP contribution is 2.27. The highest BCUT2D eigenvalue weighted by atomic mass is 32.2. The van der Waals surface area contributed by atoms with Gasteiger partial charge in [0.2, 0.25) is 0 Å². The highest BCUT2D eigenvalue weighted by Gasteiger charge is 2.46. The van der Waals surface area contributed by atoms with Crippen LogP contribution in [0.2, 0.25) is 0 Å². The van der Waals surface area contributed by atoms with Gasteiger partial charge < -0.3 is 9.88 Å². The number of sulfonamides is 1. The third kappa shape index (κ3) is 4.34. The molecule has 0 fully saturated rings. The molecule has 1 heterocycles. The Hall–Kier alpha value is -3.08. The number of benzene rings is 2. The van der Waals surface area contributed by atoms with Gasteiger partial charge in [-0.2, -0.15) is 21.6 Å². The molecule has 29 heavy (non-hydrogen) atoms. The topological polar surface area (TPSA) is 93.1 Å². The van der Waals surface area contributed by atoms with Crippen LogP contribution in [0.3, 0.4) is 0 Å². The van der Waals surface area contributed by atoms with Gasteiger partial charge in [0.25, 0.3) is 5.91 Å². The summed E-state index contributed by atoms with van der Waals surface area (Å²) in [7, 11) is -3.79. The van der Waals surface area contributed by atoms with E-state index in [1.54, 1.807) is 0 Å².